The maximum absolute atomic E-state index is 11.8. The van der Waals surface area contributed by atoms with Gasteiger partial charge in [-0.3, -0.25) is 4.79 Å². The summed E-state index contributed by atoms with van der Waals surface area (Å²) in [5, 5.41) is 13.3. The number of amides is 1. The molecule has 4 heteroatoms. The molecule has 0 radical (unpaired) electrons. The molecule has 0 aromatic rings. The number of nitrogens with one attached hydrogen (secondary N) is 1. The molecule has 1 saturated carbocycles. The lowest BCUT2D eigenvalue weighted by atomic mass is 9.85. The molecule has 1 atom stereocenters. The molecule has 0 spiro atoms. The predicted molar refractivity (Wildman–Crippen MR) is 66.5 cm³/mol. The lowest BCUT2D eigenvalue weighted by Crippen LogP contribution is -2.46. The van der Waals surface area contributed by atoms with Crippen LogP contribution in [0.1, 0.15) is 44.9 Å². The molecule has 2 N–H and O–H groups in total. The van der Waals surface area contributed by atoms with Crippen LogP contribution in [0.15, 0.2) is 0 Å². The highest BCUT2D eigenvalue weighted by atomic mass is 32.2. The molecular weight excluding hydrogens is 222 g/mol. The SMILES string of the molecule is O=C(NCC1(O)CCCCC1)C1CCCS1. The molecule has 0 aromatic carbocycles. The van der Waals surface area contributed by atoms with E-state index >= 15 is 0 Å². The Morgan fingerprint density at radius 2 is 2.06 bits per heavy atom. The fourth-order valence-corrected chi connectivity index (χ4v) is 3.72. The van der Waals surface area contributed by atoms with E-state index < -0.39 is 5.60 Å². The third-order valence-corrected chi connectivity index (χ3v) is 4.97. The Balaban J connectivity index is 1.75. The van der Waals surface area contributed by atoms with E-state index in [1.54, 1.807) is 11.8 Å². The summed E-state index contributed by atoms with van der Waals surface area (Å²) in [6.45, 7) is 0.447. The molecule has 1 heterocycles. The number of carbonyl (C=O) groups is 1. The van der Waals surface area contributed by atoms with Crippen LogP contribution in [-0.4, -0.2) is 34.2 Å². The van der Waals surface area contributed by atoms with Gasteiger partial charge in [0.1, 0.15) is 0 Å². The Bertz CT molecular complexity index is 245. The molecule has 0 bridgehead atoms. The molecule has 92 valence electrons. The fraction of sp³-hybridized carbons (Fsp3) is 0.917. The second kappa shape index (κ2) is 5.41. The summed E-state index contributed by atoms with van der Waals surface area (Å²) in [6.07, 6.45) is 7.21. The zero-order valence-corrected chi connectivity index (χ0v) is 10.5. The normalized spacial score (nSPS) is 28.9. The molecule has 0 aromatic heterocycles. The number of thioether (sulfide) groups is 1. The van der Waals surface area contributed by atoms with Crippen molar-refractivity contribution in [2.75, 3.05) is 12.3 Å². The molecule has 1 saturated heterocycles. The Labute approximate surface area is 101 Å². The van der Waals surface area contributed by atoms with Crippen LogP contribution < -0.4 is 5.32 Å². The van der Waals surface area contributed by atoms with Crippen LogP contribution in [0.5, 0.6) is 0 Å². The van der Waals surface area contributed by atoms with E-state index in [9.17, 15) is 9.90 Å². The molecule has 2 rings (SSSR count). The highest BCUT2D eigenvalue weighted by Crippen LogP contribution is 2.28. The predicted octanol–water partition coefficient (Wildman–Crippen LogP) is 1.69. The van der Waals surface area contributed by atoms with Crippen LogP contribution in [-0.2, 0) is 4.79 Å². The van der Waals surface area contributed by atoms with Gasteiger partial charge in [0, 0.05) is 6.54 Å². The van der Waals surface area contributed by atoms with Gasteiger partial charge in [0.05, 0.1) is 10.9 Å². The van der Waals surface area contributed by atoms with Gasteiger partial charge in [0.25, 0.3) is 0 Å². The van der Waals surface area contributed by atoms with E-state index in [1.807, 2.05) is 0 Å². The van der Waals surface area contributed by atoms with Crippen molar-refractivity contribution >= 4 is 17.7 Å². The third kappa shape index (κ3) is 3.14. The lowest BCUT2D eigenvalue weighted by Gasteiger charge is -2.32. The average molecular weight is 243 g/mol. The summed E-state index contributed by atoms with van der Waals surface area (Å²) >= 11 is 1.74. The minimum atomic E-state index is -0.628. The van der Waals surface area contributed by atoms with Crippen molar-refractivity contribution in [2.24, 2.45) is 0 Å². The molecule has 1 aliphatic carbocycles. The zero-order chi connectivity index (χ0) is 11.4. The average Bonchev–Trinajstić information content (AvgIpc) is 2.80. The van der Waals surface area contributed by atoms with Gasteiger partial charge in [-0.25, -0.2) is 0 Å². The van der Waals surface area contributed by atoms with E-state index in [2.05, 4.69) is 5.32 Å². The first-order chi connectivity index (χ1) is 7.70. The van der Waals surface area contributed by atoms with E-state index in [4.69, 9.17) is 0 Å². The molecule has 2 aliphatic rings. The minimum Gasteiger partial charge on any atom is -0.388 e. The summed E-state index contributed by atoms with van der Waals surface area (Å²) in [4.78, 5) is 11.8. The van der Waals surface area contributed by atoms with Crippen molar-refractivity contribution in [2.45, 2.75) is 55.8 Å². The molecule has 1 amide bonds. The Hall–Kier alpha value is -0.220. The second-order valence-corrected chi connectivity index (χ2v) is 6.32. The van der Waals surface area contributed by atoms with Gasteiger partial charge >= 0.3 is 0 Å². The van der Waals surface area contributed by atoms with Crippen molar-refractivity contribution in [3.63, 3.8) is 0 Å². The van der Waals surface area contributed by atoms with Crippen molar-refractivity contribution in [3.8, 4) is 0 Å². The molecule has 1 unspecified atom stereocenters. The summed E-state index contributed by atoms with van der Waals surface area (Å²) in [6, 6.07) is 0. The molecular formula is C12H21NO2S. The van der Waals surface area contributed by atoms with Gasteiger partial charge in [-0.05, 0) is 31.4 Å². The van der Waals surface area contributed by atoms with Gasteiger partial charge in [-0.1, -0.05) is 19.3 Å². The second-order valence-electron chi connectivity index (χ2n) is 5.00. The zero-order valence-electron chi connectivity index (χ0n) is 9.71. The van der Waals surface area contributed by atoms with Crippen LogP contribution in [0, 0.1) is 0 Å². The largest absolute Gasteiger partial charge is 0.388 e. The molecule has 3 nitrogen and oxygen atoms in total. The van der Waals surface area contributed by atoms with Crippen molar-refractivity contribution in [1.29, 1.82) is 0 Å². The van der Waals surface area contributed by atoms with E-state index in [1.165, 1.54) is 6.42 Å². The Kier molecular flexibility index (Phi) is 4.14. The fourth-order valence-electron chi connectivity index (χ4n) is 2.54. The molecule has 2 fully saturated rings. The van der Waals surface area contributed by atoms with Crippen molar-refractivity contribution in [3.05, 3.63) is 0 Å². The van der Waals surface area contributed by atoms with Gasteiger partial charge < -0.3 is 10.4 Å². The van der Waals surface area contributed by atoms with Gasteiger partial charge in [-0.2, -0.15) is 0 Å². The minimum absolute atomic E-state index is 0.126. The van der Waals surface area contributed by atoms with Crippen molar-refractivity contribution < 1.29 is 9.90 Å². The Morgan fingerprint density at radius 3 is 2.69 bits per heavy atom. The maximum atomic E-state index is 11.8. The monoisotopic (exact) mass is 243 g/mol. The number of rotatable bonds is 3. The van der Waals surface area contributed by atoms with Crippen LogP contribution in [0.3, 0.4) is 0 Å². The van der Waals surface area contributed by atoms with Crippen LogP contribution in [0.4, 0.5) is 0 Å². The first-order valence-corrected chi connectivity index (χ1v) is 7.36. The third-order valence-electron chi connectivity index (χ3n) is 3.60. The summed E-state index contributed by atoms with van der Waals surface area (Å²) in [5.74, 6) is 1.23. The maximum Gasteiger partial charge on any atom is 0.233 e. The van der Waals surface area contributed by atoms with Crippen LogP contribution in [0.2, 0.25) is 0 Å². The van der Waals surface area contributed by atoms with E-state index in [0.717, 1.165) is 44.3 Å². The van der Waals surface area contributed by atoms with E-state index in [-0.39, 0.29) is 11.2 Å². The number of hydrogen-bond donors (Lipinski definition) is 2. The summed E-state index contributed by atoms with van der Waals surface area (Å²) < 4.78 is 0. The highest BCUT2D eigenvalue weighted by molar-refractivity contribution is 8.00. The van der Waals surface area contributed by atoms with Crippen LogP contribution >= 0.6 is 11.8 Å². The number of hydrogen-bond acceptors (Lipinski definition) is 3. The number of carbonyl (C=O) groups excluding carboxylic acids is 1. The summed E-state index contributed by atoms with van der Waals surface area (Å²) in [7, 11) is 0. The topological polar surface area (TPSA) is 49.3 Å². The smallest absolute Gasteiger partial charge is 0.233 e. The first-order valence-electron chi connectivity index (χ1n) is 6.31. The van der Waals surface area contributed by atoms with Crippen molar-refractivity contribution in [1.82, 2.24) is 5.32 Å². The van der Waals surface area contributed by atoms with Gasteiger partial charge in [-0.15, -0.1) is 11.8 Å². The first kappa shape index (κ1) is 12.2. The molecule has 16 heavy (non-hydrogen) atoms. The van der Waals surface area contributed by atoms with E-state index in [0.29, 0.717) is 6.54 Å². The summed E-state index contributed by atoms with van der Waals surface area (Å²) in [5.41, 5.74) is -0.628. The van der Waals surface area contributed by atoms with Crippen LogP contribution in [0.25, 0.3) is 0 Å². The standard InChI is InChI=1S/C12H21NO2S/c14-11(10-5-4-8-16-10)13-9-12(15)6-2-1-3-7-12/h10,15H,1-9H2,(H,13,14). The highest BCUT2D eigenvalue weighted by Gasteiger charge is 2.31. The van der Waals surface area contributed by atoms with Gasteiger partial charge in [0.15, 0.2) is 0 Å². The molecule has 1 aliphatic heterocycles. The van der Waals surface area contributed by atoms with Gasteiger partial charge in [0.2, 0.25) is 5.91 Å². The number of aliphatic hydroxyl groups is 1. The Morgan fingerprint density at radius 1 is 1.31 bits per heavy atom. The quantitative estimate of drug-likeness (QED) is 0.793. The lowest BCUT2D eigenvalue weighted by molar-refractivity contribution is -0.122.